The molecule has 3 aromatic heterocycles. The molecule has 0 fully saturated rings. The summed E-state index contributed by atoms with van der Waals surface area (Å²) >= 11 is 5.97. The van der Waals surface area contributed by atoms with Crippen molar-refractivity contribution in [3.05, 3.63) is 92.9 Å². The van der Waals surface area contributed by atoms with Crippen LogP contribution in [0.5, 0.6) is 0 Å². The molecule has 8 nitrogen and oxygen atoms in total. The lowest BCUT2D eigenvalue weighted by molar-refractivity contribution is -0.116. The molecule has 0 aliphatic carbocycles. The van der Waals surface area contributed by atoms with Crippen LogP contribution < -0.4 is 10.7 Å². The summed E-state index contributed by atoms with van der Waals surface area (Å²) in [6.45, 7) is 5.76. The van der Waals surface area contributed by atoms with Crippen LogP contribution in [0.1, 0.15) is 16.8 Å². The zero-order valence-electron chi connectivity index (χ0n) is 19.9. The van der Waals surface area contributed by atoms with E-state index in [2.05, 4.69) is 20.4 Å². The Balaban J connectivity index is 1.54. The highest BCUT2D eigenvalue weighted by molar-refractivity contribution is 6.30. The van der Waals surface area contributed by atoms with Gasteiger partial charge in [-0.05, 0) is 80.4 Å². The predicted octanol–water partition coefficient (Wildman–Crippen LogP) is 5.33. The van der Waals surface area contributed by atoms with Crippen LogP contribution in [0, 0.1) is 20.8 Å². The van der Waals surface area contributed by atoms with E-state index in [1.807, 2.05) is 39.0 Å². The molecule has 5 rings (SSSR count). The number of benzene rings is 2. The third-order valence-electron chi connectivity index (χ3n) is 5.92. The minimum atomic E-state index is -0.311. The van der Waals surface area contributed by atoms with Gasteiger partial charge in [-0.1, -0.05) is 22.8 Å². The third-order valence-corrected chi connectivity index (χ3v) is 6.18. The smallest absolute Gasteiger partial charge is 0.263 e. The second-order valence-corrected chi connectivity index (χ2v) is 9.04. The van der Waals surface area contributed by atoms with Crippen LogP contribution in [0.4, 0.5) is 5.69 Å². The second-order valence-electron chi connectivity index (χ2n) is 8.60. The minimum Gasteiger partial charge on any atom is -0.333 e. The predicted molar refractivity (Wildman–Crippen MR) is 139 cm³/mol. The molecule has 9 heteroatoms. The fourth-order valence-electron chi connectivity index (χ4n) is 3.86. The van der Waals surface area contributed by atoms with E-state index in [0.717, 1.165) is 16.8 Å². The molecule has 0 aliphatic rings. The number of carbonyl (C=O) groups is 1. The summed E-state index contributed by atoms with van der Waals surface area (Å²) in [5.41, 5.74) is 4.60. The zero-order chi connectivity index (χ0) is 25.4. The van der Waals surface area contributed by atoms with Crippen molar-refractivity contribution < 1.29 is 9.32 Å². The largest absolute Gasteiger partial charge is 0.333 e. The normalized spacial score (nSPS) is 11.1. The van der Waals surface area contributed by atoms with E-state index >= 15 is 0 Å². The van der Waals surface area contributed by atoms with E-state index in [0.29, 0.717) is 33.1 Å². The molecule has 0 radical (unpaired) electrons. The van der Waals surface area contributed by atoms with Crippen LogP contribution in [-0.4, -0.2) is 25.6 Å². The molecule has 1 amide bonds. The highest BCUT2D eigenvalue weighted by Crippen LogP contribution is 2.23. The monoisotopic (exact) mass is 499 g/mol. The highest BCUT2D eigenvalue weighted by atomic mass is 35.5. The van der Waals surface area contributed by atoms with Gasteiger partial charge in [0, 0.05) is 28.2 Å². The molecule has 0 atom stereocenters. The molecule has 36 heavy (non-hydrogen) atoms. The quantitative estimate of drug-likeness (QED) is 0.350. The molecule has 1 N–H and O–H groups in total. The Kier molecular flexibility index (Phi) is 6.12. The van der Waals surface area contributed by atoms with Gasteiger partial charge in [0.2, 0.25) is 17.2 Å². The number of hydrogen-bond donors (Lipinski definition) is 1. The standard InChI is InChI=1S/C27H22ClN5O3/c1-15-4-10-20(12-16(15)2)30-23(34)14-33-13-22(24(35)21-11-5-17(3)29-26(21)33)27-31-25(32-36-27)18-6-8-19(28)9-7-18/h4-13H,14H2,1-3H3,(H,30,34). The average molecular weight is 500 g/mol. The van der Waals surface area contributed by atoms with Crippen molar-refractivity contribution in [1.29, 1.82) is 0 Å². The lowest BCUT2D eigenvalue weighted by Crippen LogP contribution is -2.22. The maximum Gasteiger partial charge on any atom is 0.263 e. The Morgan fingerprint density at radius 1 is 1.00 bits per heavy atom. The van der Waals surface area contributed by atoms with E-state index in [1.165, 1.54) is 6.20 Å². The van der Waals surface area contributed by atoms with Crippen molar-refractivity contribution in [2.45, 2.75) is 27.3 Å². The molecule has 5 aromatic rings. The van der Waals surface area contributed by atoms with Gasteiger partial charge >= 0.3 is 0 Å². The number of nitrogens with zero attached hydrogens (tertiary/aromatic N) is 4. The summed E-state index contributed by atoms with van der Waals surface area (Å²) in [4.78, 5) is 35.2. The first-order valence-electron chi connectivity index (χ1n) is 11.3. The maximum atomic E-state index is 13.3. The van der Waals surface area contributed by atoms with Gasteiger partial charge in [0.15, 0.2) is 0 Å². The number of aromatic nitrogens is 4. The van der Waals surface area contributed by atoms with Gasteiger partial charge in [-0.2, -0.15) is 4.98 Å². The van der Waals surface area contributed by atoms with Gasteiger partial charge in [-0.3, -0.25) is 9.59 Å². The van der Waals surface area contributed by atoms with Gasteiger partial charge in [0.05, 0.1) is 5.39 Å². The Bertz CT molecular complexity index is 1670. The molecule has 2 aromatic carbocycles. The Labute approximate surface area is 211 Å². The van der Waals surface area contributed by atoms with Crippen molar-refractivity contribution >= 4 is 34.2 Å². The summed E-state index contributed by atoms with van der Waals surface area (Å²) in [5.74, 6) is 0.114. The van der Waals surface area contributed by atoms with Crippen LogP contribution >= 0.6 is 11.6 Å². The lowest BCUT2D eigenvalue weighted by Gasteiger charge is -2.13. The van der Waals surface area contributed by atoms with Crippen LogP contribution in [0.25, 0.3) is 33.9 Å². The summed E-state index contributed by atoms with van der Waals surface area (Å²) in [6.07, 6.45) is 1.54. The van der Waals surface area contributed by atoms with E-state index in [4.69, 9.17) is 16.1 Å². The summed E-state index contributed by atoms with van der Waals surface area (Å²) in [5, 5.41) is 7.87. The summed E-state index contributed by atoms with van der Waals surface area (Å²) in [7, 11) is 0. The number of carbonyl (C=O) groups excluding carboxylic acids is 1. The van der Waals surface area contributed by atoms with Crippen molar-refractivity contribution in [2.75, 3.05) is 5.32 Å². The summed E-state index contributed by atoms with van der Waals surface area (Å²) < 4.78 is 7.07. The fourth-order valence-corrected chi connectivity index (χ4v) is 3.98. The number of anilines is 1. The lowest BCUT2D eigenvalue weighted by atomic mass is 10.1. The van der Waals surface area contributed by atoms with E-state index in [-0.39, 0.29) is 29.3 Å². The molecule has 3 heterocycles. The molecular weight excluding hydrogens is 478 g/mol. The SMILES string of the molecule is Cc1ccc2c(=O)c(-c3nc(-c4ccc(Cl)cc4)no3)cn(CC(=O)Nc3ccc(C)c(C)c3)c2n1. The van der Waals surface area contributed by atoms with Crippen LogP contribution in [0.3, 0.4) is 0 Å². The molecule has 0 aliphatic heterocycles. The van der Waals surface area contributed by atoms with Gasteiger partial charge in [0.25, 0.3) is 5.89 Å². The van der Waals surface area contributed by atoms with Crippen molar-refractivity contribution in [2.24, 2.45) is 0 Å². The Morgan fingerprint density at radius 3 is 2.53 bits per heavy atom. The fraction of sp³-hybridized carbons (Fsp3) is 0.148. The van der Waals surface area contributed by atoms with E-state index < -0.39 is 0 Å². The molecule has 0 bridgehead atoms. The molecule has 0 saturated heterocycles. The van der Waals surface area contributed by atoms with E-state index in [9.17, 15) is 9.59 Å². The highest BCUT2D eigenvalue weighted by Gasteiger charge is 2.19. The van der Waals surface area contributed by atoms with Gasteiger partial charge in [0.1, 0.15) is 17.8 Å². The Morgan fingerprint density at radius 2 is 1.78 bits per heavy atom. The van der Waals surface area contributed by atoms with Crippen LogP contribution in [0.15, 0.2) is 70.1 Å². The number of hydrogen-bond acceptors (Lipinski definition) is 6. The van der Waals surface area contributed by atoms with Crippen molar-refractivity contribution in [1.82, 2.24) is 19.7 Å². The van der Waals surface area contributed by atoms with Gasteiger partial charge in [-0.25, -0.2) is 4.98 Å². The molecular formula is C27H22ClN5O3. The first kappa shape index (κ1) is 23.4. The maximum absolute atomic E-state index is 13.3. The molecule has 180 valence electrons. The number of fused-ring (bicyclic) bond motifs is 1. The zero-order valence-corrected chi connectivity index (χ0v) is 20.6. The average Bonchev–Trinajstić information content (AvgIpc) is 3.33. The van der Waals surface area contributed by atoms with Crippen molar-refractivity contribution in [3.63, 3.8) is 0 Å². The van der Waals surface area contributed by atoms with Crippen LogP contribution in [-0.2, 0) is 11.3 Å². The second kappa shape index (κ2) is 9.39. The third kappa shape index (κ3) is 4.63. The van der Waals surface area contributed by atoms with Gasteiger partial charge in [-0.15, -0.1) is 0 Å². The Hall–Kier alpha value is -4.30. The number of amides is 1. The number of rotatable bonds is 5. The number of pyridine rings is 2. The topological polar surface area (TPSA) is 103 Å². The molecule has 0 spiro atoms. The van der Waals surface area contributed by atoms with E-state index in [1.54, 1.807) is 41.0 Å². The van der Waals surface area contributed by atoms with Crippen molar-refractivity contribution in [3.8, 4) is 22.8 Å². The number of halogens is 1. The first-order chi connectivity index (χ1) is 17.3. The summed E-state index contributed by atoms with van der Waals surface area (Å²) in [6, 6.07) is 16.1. The number of nitrogens with one attached hydrogen (secondary N) is 1. The minimum absolute atomic E-state index is 0.0516. The number of aryl methyl sites for hydroxylation is 3. The molecule has 0 unspecified atom stereocenters. The van der Waals surface area contributed by atoms with Gasteiger partial charge < -0.3 is 14.4 Å². The molecule has 0 saturated carbocycles. The first-order valence-corrected chi connectivity index (χ1v) is 11.6. The van der Waals surface area contributed by atoms with Crippen LogP contribution in [0.2, 0.25) is 5.02 Å².